The Hall–Kier alpha value is -9.86. The molecule has 1 N–H and O–H groups in total. The van der Waals surface area contributed by atoms with Crippen LogP contribution >= 0.6 is 0 Å². The number of ether oxygens (including phenoxy) is 6. The number of carbonyl (C=O) groups excluding carboxylic acids is 3. The molecule has 0 saturated carbocycles. The Balaban J connectivity index is 0.000000143. The number of hydrogen-bond donors (Lipinski definition) is 1. The minimum Gasteiger partial charge on any atom is -0.490 e. The van der Waals surface area contributed by atoms with Crippen LogP contribution in [0.25, 0.3) is 28.2 Å². The predicted molar refractivity (Wildman–Crippen MR) is 374 cm³/mol. The molecule has 524 valence electrons. The second kappa shape index (κ2) is 27.7. The van der Waals surface area contributed by atoms with E-state index in [1.54, 1.807) is 11.8 Å². The van der Waals surface area contributed by atoms with Crippen LogP contribution in [0.3, 0.4) is 0 Å². The van der Waals surface area contributed by atoms with Crippen LogP contribution in [0.15, 0.2) is 164 Å². The van der Waals surface area contributed by atoms with Crippen molar-refractivity contribution in [2.45, 2.75) is 121 Å². The number of likely N-dealkylation sites (tertiary alicyclic amines) is 3. The summed E-state index contributed by atoms with van der Waals surface area (Å²) in [5, 5.41) is 19.3. The number of carbonyl (C=O) groups is 3. The number of alkyl halides is 3. The highest BCUT2D eigenvalue weighted by atomic mass is 19.4. The molecule has 100 heavy (non-hydrogen) atoms. The topological polar surface area (TPSA) is 177 Å². The number of aliphatic hydroxyl groups is 1. The standard InChI is InChI=1S/C27H27F3N2O4.2C26H29N3O3.H2/c1-18(34-2)17-35-22-10-9-19(16-20(22)27(28,29)30)25(33)31-14-11-26(12-15-31)24-8-5-13-32(24)21-6-3-4-7-23(21)36-26;1-17(2)31-22-10-9-18(3)15-20(22)25(30)29-13-11-26(12-14-29)21-16-27-28(4)24(21)19-7-5-6-8-23(19)32-26;1-17(2)24(30)18-8-10-19(11-9-18)25(31)29-14-12-26(13-15-29)21-16-27-28(3)23(21)20-6-4-5-7-22(20)32-26;/h3-10,13,16,18H,11-12,14-15,17H2,1-2H3;5-10,15-17H,11-14H2,1-4H3;4-11,16-17,24,30H,12-15H2,1-3H3;1H/t18-;;;/m0.../s1. The lowest BCUT2D eigenvalue weighted by molar-refractivity contribution is -0.139. The number of para-hydroxylation sites is 4. The van der Waals surface area contributed by atoms with Crippen LogP contribution in [0.5, 0.6) is 28.7 Å². The van der Waals surface area contributed by atoms with Crippen molar-refractivity contribution in [2.24, 2.45) is 20.0 Å². The van der Waals surface area contributed by atoms with Crippen molar-refractivity contribution >= 4 is 17.7 Å². The van der Waals surface area contributed by atoms with E-state index in [0.29, 0.717) is 69.0 Å². The number of nitrogens with zero attached hydrogens (tertiary/aromatic N) is 8. The van der Waals surface area contributed by atoms with Crippen LogP contribution in [0.4, 0.5) is 13.2 Å². The van der Waals surface area contributed by atoms with E-state index in [0.717, 1.165) is 105 Å². The highest BCUT2D eigenvalue weighted by molar-refractivity contribution is 5.97. The maximum Gasteiger partial charge on any atom is 0.419 e. The number of aryl methyl sites for hydroxylation is 3. The van der Waals surface area contributed by atoms with Crippen molar-refractivity contribution in [1.82, 2.24) is 38.8 Å². The fourth-order valence-corrected chi connectivity index (χ4v) is 14.7. The van der Waals surface area contributed by atoms with E-state index < -0.39 is 40.6 Å². The molecular weight excluding hydrogens is 1280 g/mol. The van der Waals surface area contributed by atoms with Crippen LogP contribution in [-0.4, -0.2) is 127 Å². The average Bonchev–Trinajstić information content (AvgIpc) is 1.72. The molecule has 18 nitrogen and oxygen atoms in total. The largest absolute Gasteiger partial charge is 0.490 e. The molecule has 3 saturated heterocycles. The summed E-state index contributed by atoms with van der Waals surface area (Å²) < 4.78 is 83.2. The normalized spacial score (nSPS) is 17.1. The van der Waals surface area contributed by atoms with E-state index in [-0.39, 0.29) is 49.3 Å². The molecule has 0 aliphatic carbocycles. The average molecular weight is 1370 g/mol. The van der Waals surface area contributed by atoms with Gasteiger partial charge in [0.05, 0.1) is 64.6 Å². The number of piperidine rings is 3. The van der Waals surface area contributed by atoms with Gasteiger partial charge in [-0.3, -0.25) is 23.7 Å². The minimum absolute atomic E-state index is 0. The third-order valence-corrected chi connectivity index (χ3v) is 20.2. The number of methoxy groups -OCH3 is 1. The molecule has 6 aliphatic rings. The smallest absolute Gasteiger partial charge is 0.419 e. The Kier molecular flexibility index (Phi) is 19.0. The third kappa shape index (κ3) is 13.2. The summed E-state index contributed by atoms with van der Waals surface area (Å²) in [6.45, 7) is 14.7. The highest BCUT2D eigenvalue weighted by Crippen LogP contribution is 2.52. The van der Waals surface area contributed by atoms with E-state index in [9.17, 15) is 32.7 Å². The van der Waals surface area contributed by atoms with E-state index in [1.165, 1.54) is 19.2 Å². The zero-order chi connectivity index (χ0) is 70.4. The summed E-state index contributed by atoms with van der Waals surface area (Å²) in [7, 11) is 5.39. The summed E-state index contributed by atoms with van der Waals surface area (Å²) in [5.41, 5.74) is 9.20. The van der Waals surface area contributed by atoms with Crippen molar-refractivity contribution in [1.29, 1.82) is 0 Å². The van der Waals surface area contributed by atoms with Crippen molar-refractivity contribution < 1.29 is 62.5 Å². The second-order valence-corrected chi connectivity index (χ2v) is 27.5. The van der Waals surface area contributed by atoms with Crippen LogP contribution < -0.4 is 23.7 Å². The van der Waals surface area contributed by atoms with Crippen molar-refractivity contribution in [2.75, 3.05) is 53.0 Å². The molecule has 6 aromatic carbocycles. The Morgan fingerprint density at radius 1 is 0.590 bits per heavy atom. The number of halogens is 3. The number of amides is 3. The first-order valence-corrected chi connectivity index (χ1v) is 34.4. The van der Waals surface area contributed by atoms with Crippen molar-refractivity contribution in [3.05, 3.63) is 214 Å². The number of fused-ring (bicyclic) bond motifs is 12. The predicted octanol–water partition coefficient (Wildman–Crippen LogP) is 14.7. The minimum atomic E-state index is -4.66. The molecule has 3 fully saturated rings. The molecule has 2 atom stereocenters. The first-order valence-electron chi connectivity index (χ1n) is 34.4. The van der Waals surface area contributed by atoms with E-state index in [1.807, 2.05) is 202 Å². The van der Waals surface area contributed by atoms with Gasteiger partial charge in [-0.15, -0.1) is 0 Å². The van der Waals surface area contributed by atoms with Crippen molar-refractivity contribution in [3.8, 4) is 56.9 Å². The van der Waals surface area contributed by atoms with Gasteiger partial charge in [0, 0.05) is 140 Å². The van der Waals surface area contributed by atoms with Crippen LogP contribution in [0.2, 0.25) is 0 Å². The molecule has 3 spiro atoms. The molecule has 3 amide bonds. The Bertz CT molecular complexity index is 4480. The number of benzene rings is 6. The van der Waals surface area contributed by atoms with Crippen LogP contribution in [0.1, 0.15) is 145 Å². The fraction of sp³-hybridized carbons (Fsp3) is 0.380. The molecule has 6 aliphatic heterocycles. The Morgan fingerprint density at radius 3 is 1.62 bits per heavy atom. The second-order valence-electron chi connectivity index (χ2n) is 27.5. The van der Waals surface area contributed by atoms with E-state index in [4.69, 9.17) is 28.4 Å². The van der Waals surface area contributed by atoms with Gasteiger partial charge in [0.1, 0.15) is 46.6 Å². The van der Waals surface area contributed by atoms with Crippen LogP contribution in [-0.2, 0) is 41.8 Å². The molecule has 21 heteroatoms. The summed E-state index contributed by atoms with van der Waals surface area (Å²) in [6, 6.07) is 44.6. The lowest BCUT2D eigenvalue weighted by Crippen LogP contribution is -2.50. The first-order chi connectivity index (χ1) is 48.0. The van der Waals surface area contributed by atoms with Gasteiger partial charge in [0.15, 0.2) is 5.60 Å². The van der Waals surface area contributed by atoms with Gasteiger partial charge >= 0.3 is 6.18 Å². The highest BCUT2D eigenvalue weighted by Gasteiger charge is 2.49. The molecule has 15 rings (SSSR count). The number of rotatable bonds is 11. The van der Waals surface area contributed by atoms with Crippen LogP contribution in [0, 0.1) is 12.8 Å². The summed E-state index contributed by atoms with van der Waals surface area (Å²) >= 11 is 0. The number of aliphatic hydroxyl groups excluding tert-OH is 1. The summed E-state index contributed by atoms with van der Waals surface area (Å²) in [4.78, 5) is 45.2. The molecule has 0 bridgehead atoms. The lowest BCUT2D eigenvalue weighted by Gasteiger charge is -2.45. The molecule has 1 unspecified atom stereocenters. The Morgan fingerprint density at radius 2 is 1.08 bits per heavy atom. The molecule has 3 aromatic heterocycles. The maximum absolute atomic E-state index is 13.8. The van der Waals surface area contributed by atoms with Gasteiger partial charge in [0.25, 0.3) is 17.7 Å². The first kappa shape index (κ1) is 68.7. The molecule has 9 aromatic rings. The number of hydrogen-bond acceptors (Lipinski definition) is 12. The quantitative estimate of drug-likeness (QED) is 0.130. The van der Waals surface area contributed by atoms with Gasteiger partial charge in [-0.2, -0.15) is 23.4 Å². The fourth-order valence-electron chi connectivity index (χ4n) is 14.7. The monoisotopic (exact) mass is 1360 g/mol. The zero-order valence-corrected chi connectivity index (χ0v) is 57.9. The SMILES string of the molecule is CC(C)C(O)c1ccc(C(=O)N2CCC3(CC2)Oc2ccccc2-c2c3cnn2C)cc1.CO[C@@H](C)COc1ccc(C(=O)N2CCC3(CC2)Oc2ccccc2-n2cccc23)cc1C(F)(F)F.Cc1ccc(OC(C)C)c(C(=O)N2CCC3(CC2)Oc2ccccc2-c2c3cnn2C)c1.[HH]. The van der Waals surface area contributed by atoms with Gasteiger partial charge in [-0.25, -0.2) is 0 Å². The third-order valence-electron chi connectivity index (χ3n) is 20.2. The van der Waals surface area contributed by atoms with Gasteiger partial charge in [0.2, 0.25) is 0 Å². The van der Waals surface area contributed by atoms with E-state index >= 15 is 0 Å². The Labute approximate surface area is 582 Å². The lowest BCUT2D eigenvalue weighted by atomic mass is 9.81. The van der Waals surface area contributed by atoms with Gasteiger partial charge in [-0.1, -0.05) is 74.0 Å². The van der Waals surface area contributed by atoms with Gasteiger partial charge < -0.3 is 52.8 Å². The molecule has 9 heterocycles. The summed E-state index contributed by atoms with van der Waals surface area (Å²) in [5.74, 6) is 2.58. The van der Waals surface area contributed by atoms with Crippen molar-refractivity contribution in [3.63, 3.8) is 0 Å². The summed E-state index contributed by atoms with van der Waals surface area (Å²) in [6.07, 6.45) is 4.22. The van der Waals surface area contributed by atoms with Gasteiger partial charge in [-0.05, 0) is 130 Å². The molecule has 0 radical (unpaired) electrons. The maximum atomic E-state index is 13.8. The zero-order valence-electron chi connectivity index (χ0n) is 57.9. The number of aromatic nitrogens is 5. The van der Waals surface area contributed by atoms with E-state index in [2.05, 4.69) is 26.9 Å². The molecular formula is C79H87F3N8O10.